The van der Waals surface area contributed by atoms with Gasteiger partial charge in [-0.2, -0.15) is 0 Å². The predicted molar refractivity (Wildman–Crippen MR) is 112 cm³/mol. The maximum atomic E-state index is 12.2. The lowest BCUT2D eigenvalue weighted by molar-refractivity contribution is 0.0525. The molecule has 0 amide bonds. The highest BCUT2D eigenvalue weighted by atomic mass is 16.5. The summed E-state index contributed by atoms with van der Waals surface area (Å²) in [6, 6.07) is 7.42. The smallest absolute Gasteiger partial charge is 0.339 e. The Morgan fingerprint density at radius 3 is 2.59 bits per heavy atom. The van der Waals surface area contributed by atoms with Crippen molar-refractivity contribution in [2.24, 2.45) is 0 Å². The number of carbonyl (C=O) groups excluding carboxylic acids is 1. The molecule has 0 bridgehead atoms. The second kappa shape index (κ2) is 9.13. The number of rotatable bonds is 7. The number of nitrogens with zero attached hydrogens (tertiary/aromatic N) is 1. The molecule has 29 heavy (non-hydrogen) atoms. The number of nitrogens with two attached hydrogens (primary N) is 1. The van der Waals surface area contributed by atoms with E-state index in [0.29, 0.717) is 30.5 Å². The number of aromatic carboxylic acids is 1. The van der Waals surface area contributed by atoms with Gasteiger partial charge in [0.15, 0.2) is 0 Å². The topological polar surface area (TPSA) is 109 Å². The molecule has 0 aliphatic heterocycles. The Labute approximate surface area is 170 Å². The van der Waals surface area contributed by atoms with Crippen LogP contribution in [0.25, 0.3) is 11.3 Å². The molecule has 1 aromatic heterocycles. The van der Waals surface area contributed by atoms with Crippen LogP contribution in [-0.4, -0.2) is 46.6 Å². The highest BCUT2D eigenvalue weighted by Gasteiger charge is 2.21. The first kappa shape index (κ1) is 20.9. The van der Waals surface area contributed by atoms with E-state index in [1.54, 1.807) is 19.1 Å². The third kappa shape index (κ3) is 4.79. The number of benzene rings is 1. The molecule has 0 saturated heterocycles. The minimum absolute atomic E-state index is 0.0426. The van der Waals surface area contributed by atoms with Crippen molar-refractivity contribution in [1.82, 2.24) is 9.88 Å². The van der Waals surface area contributed by atoms with Crippen LogP contribution in [0.5, 0.6) is 0 Å². The number of carboxylic acids is 1. The first-order valence-corrected chi connectivity index (χ1v) is 10.1. The monoisotopic (exact) mass is 399 g/mol. The second-order valence-corrected chi connectivity index (χ2v) is 7.61. The van der Waals surface area contributed by atoms with Crippen LogP contribution in [0.1, 0.15) is 65.3 Å². The van der Waals surface area contributed by atoms with Crippen LogP contribution in [-0.2, 0) is 11.3 Å². The molecule has 1 saturated carbocycles. The molecule has 7 heteroatoms. The quantitative estimate of drug-likeness (QED) is 0.609. The molecule has 0 radical (unpaired) electrons. The van der Waals surface area contributed by atoms with E-state index in [0.717, 1.165) is 11.1 Å². The van der Waals surface area contributed by atoms with Gasteiger partial charge in [0.1, 0.15) is 11.4 Å². The summed E-state index contributed by atoms with van der Waals surface area (Å²) >= 11 is 0. The minimum Gasteiger partial charge on any atom is -0.478 e. The van der Waals surface area contributed by atoms with Crippen molar-refractivity contribution in [2.45, 2.75) is 51.6 Å². The normalized spacial score (nSPS) is 14.9. The molecule has 0 unspecified atom stereocenters. The number of esters is 1. The molecule has 4 N–H and O–H groups in total. The van der Waals surface area contributed by atoms with Gasteiger partial charge in [0.2, 0.25) is 0 Å². The van der Waals surface area contributed by atoms with Crippen molar-refractivity contribution < 1.29 is 19.4 Å². The fraction of sp³-hybridized carbons (Fsp3) is 0.455. The summed E-state index contributed by atoms with van der Waals surface area (Å²) in [5.74, 6) is -1.32. The van der Waals surface area contributed by atoms with Crippen molar-refractivity contribution in [1.29, 1.82) is 0 Å². The van der Waals surface area contributed by atoms with Gasteiger partial charge >= 0.3 is 11.9 Å². The number of ether oxygens (including phenoxy) is 1. The molecule has 1 heterocycles. The maximum Gasteiger partial charge on any atom is 0.339 e. The Morgan fingerprint density at radius 2 is 1.97 bits per heavy atom. The number of hydrogen-bond donors (Lipinski definition) is 3. The third-order valence-corrected chi connectivity index (χ3v) is 5.60. The average Bonchev–Trinajstić information content (AvgIpc) is 3.10. The van der Waals surface area contributed by atoms with Crippen molar-refractivity contribution in [3.63, 3.8) is 0 Å². The number of carboxylic acid groups (broad SMARTS) is 1. The Hall–Kier alpha value is -2.80. The zero-order valence-corrected chi connectivity index (χ0v) is 17.0. The Bertz CT molecular complexity index is 884. The van der Waals surface area contributed by atoms with Gasteiger partial charge in [0.25, 0.3) is 0 Å². The highest BCUT2D eigenvalue weighted by Crippen LogP contribution is 2.30. The van der Waals surface area contributed by atoms with Gasteiger partial charge in [-0.05, 0) is 50.6 Å². The van der Waals surface area contributed by atoms with E-state index in [-0.39, 0.29) is 17.4 Å². The number of anilines is 1. The number of aromatic nitrogens is 1. The van der Waals surface area contributed by atoms with Gasteiger partial charge < -0.3 is 20.6 Å². The zero-order valence-electron chi connectivity index (χ0n) is 17.0. The first-order valence-electron chi connectivity index (χ1n) is 10.1. The van der Waals surface area contributed by atoms with E-state index >= 15 is 0 Å². The van der Waals surface area contributed by atoms with Gasteiger partial charge in [-0.3, -0.25) is 4.90 Å². The van der Waals surface area contributed by atoms with Gasteiger partial charge in [-0.25, -0.2) is 9.59 Å². The van der Waals surface area contributed by atoms with Crippen LogP contribution in [0.4, 0.5) is 5.82 Å². The SMILES string of the molecule is CCOC(=O)c1ccc(-c2cc(C(=O)O)c(N)[nH]2)c(CN(C)C2CCCCC2)c1. The van der Waals surface area contributed by atoms with Crippen molar-refractivity contribution >= 4 is 17.8 Å². The molecule has 2 aromatic rings. The van der Waals surface area contributed by atoms with E-state index in [4.69, 9.17) is 10.5 Å². The van der Waals surface area contributed by atoms with E-state index < -0.39 is 5.97 Å². The molecule has 156 valence electrons. The summed E-state index contributed by atoms with van der Waals surface area (Å²) in [4.78, 5) is 28.9. The fourth-order valence-electron chi connectivity index (χ4n) is 4.04. The Morgan fingerprint density at radius 1 is 1.24 bits per heavy atom. The predicted octanol–water partition coefficient (Wildman–Crippen LogP) is 3.90. The zero-order chi connectivity index (χ0) is 21.0. The number of nitrogens with one attached hydrogen (secondary N) is 1. The fourth-order valence-corrected chi connectivity index (χ4v) is 4.04. The lowest BCUT2D eigenvalue weighted by atomic mass is 9.93. The summed E-state index contributed by atoms with van der Waals surface area (Å²) in [6.45, 7) is 2.74. The number of aromatic amines is 1. The lowest BCUT2D eigenvalue weighted by Crippen LogP contribution is -2.33. The average molecular weight is 399 g/mol. The molecule has 3 rings (SSSR count). The van der Waals surface area contributed by atoms with Gasteiger partial charge in [0, 0.05) is 23.8 Å². The van der Waals surface area contributed by atoms with E-state index in [1.807, 2.05) is 12.1 Å². The van der Waals surface area contributed by atoms with Crippen molar-refractivity contribution in [3.05, 3.63) is 41.0 Å². The largest absolute Gasteiger partial charge is 0.478 e. The number of nitrogen functional groups attached to an aromatic ring is 1. The summed E-state index contributed by atoms with van der Waals surface area (Å²) in [6.07, 6.45) is 6.09. The lowest BCUT2D eigenvalue weighted by Gasteiger charge is -2.31. The Kier molecular flexibility index (Phi) is 6.59. The first-order chi connectivity index (χ1) is 13.9. The number of H-pyrrole nitrogens is 1. The molecule has 7 nitrogen and oxygen atoms in total. The summed E-state index contributed by atoms with van der Waals surface area (Å²) in [5, 5.41) is 9.32. The van der Waals surface area contributed by atoms with E-state index in [1.165, 1.54) is 32.1 Å². The number of hydrogen-bond acceptors (Lipinski definition) is 5. The standard InChI is InChI=1S/C22H29N3O4/c1-3-29-22(28)14-9-10-17(19-12-18(21(26)27)20(23)24-19)15(11-14)13-25(2)16-7-5-4-6-8-16/h9-12,16,24H,3-8,13,23H2,1-2H3,(H,26,27). The number of carbonyl (C=O) groups is 2. The van der Waals surface area contributed by atoms with E-state index in [2.05, 4.69) is 16.9 Å². The highest BCUT2D eigenvalue weighted by molar-refractivity contribution is 5.95. The molecular weight excluding hydrogens is 370 g/mol. The van der Waals surface area contributed by atoms with Crippen molar-refractivity contribution in [2.75, 3.05) is 19.4 Å². The minimum atomic E-state index is -1.07. The van der Waals surface area contributed by atoms with Crippen LogP contribution in [0.15, 0.2) is 24.3 Å². The van der Waals surface area contributed by atoms with Crippen molar-refractivity contribution in [3.8, 4) is 11.3 Å². The van der Waals surface area contributed by atoms with Gasteiger partial charge in [0.05, 0.1) is 12.2 Å². The Balaban J connectivity index is 1.97. The molecule has 1 fully saturated rings. The summed E-state index contributed by atoms with van der Waals surface area (Å²) in [5.41, 5.74) is 8.77. The molecule has 0 spiro atoms. The summed E-state index contributed by atoms with van der Waals surface area (Å²) < 4.78 is 5.15. The van der Waals surface area contributed by atoms with Crippen LogP contribution >= 0.6 is 0 Å². The van der Waals surface area contributed by atoms with Crippen LogP contribution in [0.3, 0.4) is 0 Å². The summed E-state index contributed by atoms with van der Waals surface area (Å²) in [7, 11) is 2.10. The molecule has 1 aliphatic carbocycles. The molecule has 1 aromatic carbocycles. The van der Waals surface area contributed by atoms with Crippen LogP contribution < -0.4 is 5.73 Å². The molecule has 1 aliphatic rings. The van der Waals surface area contributed by atoms with E-state index in [9.17, 15) is 14.7 Å². The molecular formula is C22H29N3O4. The maximum absolute atomic E-state index is 12.2. The van der Waals surface area contributed by atoms with Crippen LogP contribution in [0, 0.1) is 0 Å². The molecule has 0 atom stereocenters. The van der Waals surface area contributed by atoms with Crippen LogP contribution in [0.2, 0.25) is 0 Å². The second-order valence-electron chi connectivity index (χ2n) is 7.61. The van der Waals surface area contributed by atoms with Gasteiger partial charge in [-0.15, -0.1) is 0 Å². The third-order valence-electron chi connectivity index (χ3n) is 5.60. The van der Waals surface area contributed by atoms with Gasteiger partial charge in [-0.1, -0.05) is 25.3 Å².